The van der Waals surface area contributed by atoms with Gasteiger partial charge in [-0.3, -0.25) is 4.79 Å². The maximum absolute atomic E-state index is 12.6. The van der Waals surface area contributed by atoms with E-state index in [1.165, 1.54) is 31.4 Å². The van der Waals surface area contributed by atoms with Crippen molar-refractivity contribution in [2.75, 3.05) is 6.61 Å². The number of rotatable bonds is 5. The largest absolute Gasteiger partial charge is 0.395 e. The lowest BCUT2D eigenvalue weighted by atomic mass is 9.45. The van der Waals surface area contributed by atoms with Crippen LogP contribution >= 0.6 is 0 Å². The molecule has 0 bridgehead atoms. The van der Waals surface area contributed by atoms with Gasteiger partial charge in [0.25, 0.3) is 0 Å². The van der Waals surface area contributed by atoms with E-state index in [1.807, 2.05) is 0 Å². The first-order valence-electron chi connectivity index (χ1n) is 12.2. The topological polar surface area (TPSA) is 104 Å². The maximum Gasteiger partial charge on any atom is 0.230 e. The number of carbonyl (C=O) groups excluding carboxylic acids is 1. The Morgan fingerprint density at radius 3 is 2.84 bits per heavy atom. The van der Waals surface area contributed by atoms with Crippen LogP contribution in [0.15, 0.2) is 9.68 Å². The minimum absolute atomic E-state index is 0.0250. The lowest BCUT2D eigenvalue weighted by Gasteiger charge is -2.59. The Bertz CT molecular complexity index is 867. The van der Waals surface area contributed by atoms with E-state index in [2.05, 4.69) is 29.1 Å². The van der Waals surface area contributed by atoms with E-state index in [0.29, 0.717) is 47.8 Å². The number of ketones is 1. The number of fused-ring (bicyclic) bond motifs is 5. The van der Waals surface area contributed by atoms with Crippen molar-refractivity contribution in [3.8, 4) is 0 Å². The highest BCUT2D eigenvalue weighted by Crippen LogP contribution is 2.65. The van der Waals surface area contributed by atoms with Gasteiger partial charge < -0.3 is 15.1 Å². The number of nitrogens with zero attached hydrogens (tertiary/aromatic N) is 3. The van der Waals surface area contributed by atoms with Gasteiger partial charge in [0.05, 0.1) is 18.7 Å². The van der Waals surface area contributed by atoms with Gasteiger partial charge in [-0.1, -0.05) is 24.2 Å². The summed E-state index contributed by atoms with van der Waals surface area (Å²) in [4.78, 5) is 22.4. The van der Waals surface area contributed by atoms with Crippen molar-refractivity contribution < 1.29 is 14.2 Å². The van der Waals surface area contributed by atoms with Crippen LogP contribution in [0, 0.1) is 34.5 Å². The van der Waals surface area contributed by atoms with E-state index in [-0.39, 0.29) is 12.0 Å². The van der Waals surface area contributed by atoms with Crippen LogP contribution in [0.3, 0.4) is 0 Å². The molecule has 4 saturated carbocycles. The summed E-state index contributed by atoms with van der Waals surface area (Å²) in [5, 5.41) is 8.28. The smallest absolute Gasteiger partial charge is 0.230 e. The fraction of sp³-hybridized carbons (Fsp3) is 0.833. The Kier molecular flexibility index (Phi) is 5.43. The van der Waals surface area contributed by atoms with Gasteiger partial charge in [0.2, 0.25) is 5.89 Å². The molecule has 0 amide bonds. The third-order valence-electron chi connectivity index (χ3n) is 9.50. The van der Waals surface area contributed by atoms with E-state index in [0.717, 1.165) is 43.9 Å². The minimum Gasteiger partial charge on any atom is -0.395 e. The highest BCUT2D eigenvalue weighted by molar-refractivity contribution is 5.87. The fourth-order valence-electron chi connectivity index (χ4n) is 7.66. The van der Waals surface area contributed by atoms with Crippen LogP contribution < -0.4 is 5.73 Å². The monoisotopic (exact) mass is 428 g/mol. The Balaban J connectivity index is 1.19. The Morgan fingerprint density at radius 1 is 1.16 bits per heavy atom. The van der Waals surface area contributed by atoms with E-state index >= 15 is 0 Å². The van der Waals surface area contributed by atoms with Gasteiger partial charge in [0.15, 0.2) is 5.82 Å². The lowest BCUT2D eigenvalue weighted by molar-refractivity contribution is -0.137. The molecule has 4 aliphatic carbocycles. The Morgan fingerprint density at radius 2 is 2.03 bits per heavy atom. The van der Waals surface area contributed by atoms with Crippen molar-refractivity contribution in [2.45, 2.75) is 84.6 Å². The van der Waals surface area contributed by atoms with Crippen LogP contribution in [0.25, 0.3) is 0 Å². The predicted octanol–water partition coefficient (Wildman–Crippen LogP) is 4.06. The standard InChI is InChI=1S/C24H36N4O3/c1-23-10-7-16(27-30-12-9-22-26-21(14-25)28-31-22)13-15(23)3-4-17-18-5-6-20(29)24(18,2)11-8-19(17)23/h15,17-19H,3-14,25H2,1-2H3. The molecule has 6 atom stereocenters. The first-order valence-corrected chi connectivity index (χ1v) is 12.2. The van der Waals surface area contributed by atoms with Gasteiger partial charge in [-0.25, -0.2) is 0 Å². The summed E-state index contributed by atoms with van der Waals surface area (Å²) in [6.45, 7) is 5.53. The molecule has 170 valence electrons. The van der Waals surface area contributed by atoms with Gasteiger partial charge in [0, 0.05) is 11.8 Å². The van der Waals surface area contributed by atoms with Crippen LogP contribution in [0.4, 0.5) is 0 Å². The summed E-state index contributed by atoms with van der Waals surface area (Å²) >= 11 is 0. The van der Waals surface area contributed by atoms with E-state index in [4.69, 9.17) is 15.1 Å². The number of aromatic nitrogens is 2. The molecule has 4 fully saturated rings. The molecule has 0 aliphatic heterocycles. The van der Waals surface area contributed by atoms with E-state index < -0.39 is 0 Å². The molecule has 7 nitrogen and oxygen atoms in total. The number of hydrogen-bond donors (Lipinski definition) is 1. The number of hydrogen-bond acceptors (Lipinski definition) is 7. The van der Waals surface area contributed by atoms with Gasteiger partial charge in [-0.15, -0.1) is 0 Å². The molecule has 1 aromatic rings. The quantitative estimate of drug-likeness (QED) is 0.560. The molecule has 6 unspecified atom stereocenters. The molecule has 5 rings (SSSR count). The molecule has 0 saturated heterocycles. The first kappa shape index (κ1) is 21.1. The average Bonchev–Trinajstić information content (AvgIpc) is 3.35. The minimum atomic E-state index is -0.0250. The number of nitrogens with two attached hydrogens (primary N) is 1. The third kappa shape index (κ3) is 3.53. The maximum atomic E-state index is 12.6. The molecule has 4 aliphatic rings. The van der Waals surface area contributed by atoms with Crippen molar-refractivity contribution in [1.29, 1.82) is 0 Å². The second-order valence-corrected chi connectivity index (χ2v) is 10.8. The molecule has 0 radical (unpaired) electrons. The predicted molar refractivity (Wildman–Crippen MR) is 116 cm³/mol. The van der Waals surface area contributed by atoms with Crippen LogP contribution in [-0.2, 0) is 22.6 Å². The summed E-state index contributed by atoms with van der Waals surface area (Å²) in [6, 6.07) is 0. The second kappa shape index (κ2) is 7.98. The SMILES string of the molecule is CC12CCC3C(CCC4CC(=NOCCc5nc(CN)no5)CCC43C)C1CCC2=O. The van der Waals surface area contributed by atoms with Crippen molar-refractivity contribution in [2.24, 2.45) is 45.4 Å². The van der Waals surface area contributed by atoms with Crippen molar-refractivity contribution in [1.82, 2.24) is 10.1 Å². The molecule has 1 aromatic heterocycles. The Labute approximate surface area is 184 Å². The van der Waals surface area contributed by atoms with Gasteiger partial charge in [-0.2, -0.15) is 4.98 Å². The van der Waals surface area contributed by atoms with Crippen molar-refractivity contribution in [3.63, 3.8) is 0 Å². The molecular formula is C24H36N4O3. The van der Waals surface area contributed by atoms with Crippen LogP contribution in [0.5, 0.6) is 0 Å². The third-order valence-corrected chi connectivity index (χ3v) is 9.50. The van der Waals surface area contributed by atoms with Gasteiger partial charge in [-0.05, 0) is 80.5 Å². The van der Waals surface area contributed by atoms with E-state index in [9.17, 15) is 4.79 Å². The zero-order valence-corrected chi connectivity index (χ0v) is 18.9. The fourth-order valence-corrected chi connectivity index (χ4v) is 7.66. The summed E-state index contributed by atoms with van der Waals surface area (Å²) < 4.78 is 5.13. The molecule has 2 N–H and O–H groups in total. The lowest BCUT2D eigenvalue weighted by Crippen LogP contribution is -2.53. The van der Waals surface area contributed by atoms with Crippen molar-refractivity contribution in [3.05, 3.63) is 11.7 Å². The zero-order chi connectivity index (χ0) is 21.6. The zero-order valence-electron chi connectivity index (χ0n) is 18.9. The second-order valence-electron chi connectivity index (χ2n) is 10.8. The molecule has 0 spiro atoms. The summed E-state index contributed by atoms with van der Waals surface area (Å²) in [5.74, 6) is 4.44. The number of oxime groups is 1. The van der Waals surface area contributed by atoms with Gasteiger partial charge >= 0.3 is 0 Å². The summed E-state index contributed by atoms with van der Waals surface area (Å²) in [6.07, 6.45) is 10.7. The summed E-state index contributed by atoms with van der Waals surface area (Å²) in [7, 11) is 0. The van der Waals surface area contributed by atoms with E-state index in [1.54, 1.807) is 0 Å². The highest BCUT2D eigenvalue weighted by atomic mass is 16.6. The average molecular weight is 429 g/mol. The molecular weight excluding hydrogens is 392 g/mol. The number of Topliss-reactive ketones (excluding diaryl/α,β-unsaturated/α-hetero) is 1. The summed E-state index contributed by atoms with van der Waals surface area (Å²) in [5.41, 5.74) is 7.07. The molecule has 7 heteroatoms. The molecule has 1 heterocycles. The van der Waals surface area contributed by atoms with Crippen molar-refractivity contribution >= 4 is 11.5 Å². The van der Waals surface area contributed by atoms with Gasteiger partial charge in [0.1, 0.15) is 12.4 Å². The van der Waals surface area contributed by atoms with Crippen LogP contribution in [-0.4, -0.2) is 28.2 Å². The van der Waals surface area contributed by atoms with Crippen LogP contribution in [0.2, 0.25) is 0 Å². The number of carbonyl (C=O) groups is 1. The first-order chi connectivity index (χ1) is 14.9. The Hall–Kier alpha value is -1.76. The van der Waals surface area contributed by atoms with Crippen LogP contribution in [0.1, 0.15) is 83.3 Å². The highest BCUT2D eigenvalue weighted by Gasteiger charge is 2.60. The molecule has 31 heavy (non-hydrogen) atoms. The normalized spacial score (nSPS) is 41.0. The molecule has 0 aromatic carbocycles.